The molecule has 1 aliphatic heterocycles. The predicted molar refractivity (Wildman–Crippen MR) is 114 cm³/mol. The normalized spacial score (nSPS) is 15.4. The number of nitrogens with zero attached hydrogens (tertiary/aromatic N) is 2. The maximum Gasteiger partial charge on any atom is 0.240 e. The van der Waals surface area contributed by atoms with Crippen molar-refractivity contribution in [1.29, 1.82) is 0 Å². The van der Waals surface area contributed by atoms with Gasteiger partial charge in [-0.15, -0.1) is 0 Å². The Morgan fingerprint density at radius 1 is 1.00 bits per heavy atom. The highest BCUT2D eigenvalue weighted by Crippen LogP contribution is 2.16. The van der Waals surface area contributed by atoms with Crippen molar-refractivity contribution in [3.05, 3.63) is 65.2 Å². The summed E-state index contributed by atoms with van der Waals surface area (Å²) in [5.41, 5.74) is 2.86. The van der Waals surface area contributed by atoms with Gasteiger partial charge in [-0.1, -0.05) is 42.5 Å². The zero-order chi connectivity index (χ0) is 20.9. The quantitative estimate of drug-likeness (QED) is 0.754. The zero-order valence-electron chi connectivity index (χ0n) is 17.1. The van der Waals surface area contributed by atoms with Gasteiger partial charge in [-0.25, -0.2) is 13.1 Å². The van der Waals surface area contributed by atoms with Crippen molar-refractivity contribution in [2.24, 2.45) is 0 Å². The van der Waals surface area contributed by atoms with E-state index in [1.807, 2.05) is 36.1 Å². The second-order valence-electron chi connectivity index (χ2n) is 7.56. The van der Waals surface area contributed by atoms with Crippen molar-refractivity contribution in [3.8, 4) is 0 Å². The lowest BCUT2D eigenvalue weighted by atomic mass is 10.2. The number of carbonyl (C=O) groups excluding carboxylic acids is 1. The van der Waals surface area contributed by atoms with Gasteiger partial charge in [0, 0.05) is 45.7 Å². The van der Waals surface area contributed by atoms with E-state index in [0.29, 0.717) is 18.7 Å². The second kappa shape index (κ2) is 9.52. The molecule has 1 N–H and O–H groups in total. The number of aryl methyl sites for hydroxylation is 2. The summed E-state index contributed by atoms with van der Waals surface area (Å²) >= 11 is 0. The molecule has 1 amide bonds. The van der Waals surface area contributed by atoms with Gasteiger partial charge in [0.25, 0.3) is 0 Å². The molecule has 0 bridgehead atoms. The molecule has 29 heavy (non-hydrogen) atoms. The van der Waals surface area contributed by atoms with E-state index in [-0.39, 0.29) is 23.8 Å². The van der Waals surface area contributed by atoms with Gasteiger partial charge in [-0.05, 0) is 36.6 Å². The minimum atomic E-state index is -3.61. The molecule has 6 nitrogen and oxygen atoms in total. The topological polar surface area (TPSA) is 69.7 Å². The number of sulfonamides is 1. The maximum atomic E-state index is 12.5. The predicted octanol–water partition coefficient (Wildman–Crippen LogP) is 2.32. The Balaban J connectivity index is 1.45. The van der Waals surface area contributed by atoms with Crippen LogP contribution in [0.3, 0.4) is 0 Å². The van der Waals surface area contributed by atoms with Crippen molar-refractivity contribution < 1.29 is 13.2 Å². The van der Waals surface area contributed by atoms with Crippen molar-refractivity contribution in [3.63, 3.8) is 0 Å². The standard InChI is InChI=1S/C22H29N3O3S/c1-18-8-9-19(2)21(16-18)29(27,28)23-11-10-22(26)25-14-12-24(13-15-25)17-20-6-4-3-5-7-20/h3-9,16,23H,10-15,17H2,1-2H3. The van der Waals surface area contributed by atoms with Crippen molar-refractivity contribution in [2.75, 3.05) is 32.7 Å². The van der Waals surface area contributed by atoms with Crippen LogP contribution in [0.5, 0.6) is 0 Å². The summed E-state index contributed by atoms with van der Waals surface area (Å²) in [5, 5.41) is 0. The smallest absolute Gasteiger partial charge is 0.240 e. The molecular formula is C22H29N3O3S. The summed E-state index contributed by atoms with van der Waals surface area (Å²) in [7, 11) is -3.61. The Labute approximate surface area is 173 Å². The Bertz CT molecular complexity index is 937. The van der Waals surface area contributed by atoms with Gasteiger partial charge < -0.3 is 4.90 Å². The Morgan fingerprint density at radius 3 is 2.38 bits per heavy atom. The van der Waals surface area contributed by atoms with Crippen LogP contribution in [0.25, 0.3) is 0 Å². The molecule has 156 valence electrons. The third-order valence-electron chi connectivity index (χ3n) is 5.24. The first kappa shape index (κ1) is 21.5. The van der Waals surface area contributed by atoms with Gasteiger partial charge in [-0.3, -0.25) is 9.69 Å². The lowest BCUT2D eigenvalue weighted by Gasteiger charge is -2.34. The van der Waals surface area contributed by atoms with Crippen molar-refractivity contribution >= 4 is 15.9 Å². The van der Waals surface area contributed by atoms with Gasteiger partial charge in [-0.2, -0.15) is 0 Å². The fourth-order valence-corrected chi connectivity index (χ4v) is 4.88. The minimum Gasteiger partial charge on any atom is -0.340 e. The number of hydrogen-bond donors (Lipinski definition) is 1. The largest absolute Gasteiger partial charge is 0.340 e. The summed E-state index contributed by atoms with van der Waals surface area (Å²) in [6.07, 6.45) is 0.169. The van der Waals surface area contributed by atoms with E-state index in [1.165, 1.54) is 5.56 Å². The Kier molecular flexibility index (Phi) is 7.05. The first-order valence-electron chi connectivity index (χ1n) is 9.96. The maximum absolute atomic E-state index is 12.5. The van der Waals surface area contributed by atoms with Crippen LogP contribution in [-0.2, 0) is 21.4 Å². The summed E-state index contributed by atoms with van der Waals surface area (Å²) < 4.78 is 27.6. The Hall–Kier alpha value is -2.22. The van der Waals surface area contributed by atoms with Gasteiger partial charge in [0.15, 0.2) is 0 Å². The van der Waals surface area contributed by atoms with Gasteiger partial charge >= 0.3 is 0 Å². The summed E-state index contributed by atoms with van der Waals surface area (Å²) in [6, 6.07) is 15.6. The van der Waals surface area contributed by atoms with Crippen LogP contribution in [0.15, 0.2) is 53.4 Å². The molecule has 2 aromatic carbocycles. The molecule has 0 unspecified atom stereocenters. The average Bonchev–Trinajstić information content (AvgIpc) is 2.71. The van der Waals surface area contributed by atoms with Crippen LogP contribution in [-0.4, -0.2) is 56.8 Å². The number of amides is 1. The summed E-state index contributed by atoms with van der Waals surface area (Å²) in [5.74, 6) is -0.00646. The lowest BCUT2D eigenvalue weighted by molar-refractivity contribution is -0.132. The number of carbonyl (C=O) groups is 1. The number of hydrogen-bond acceptors (Lipinski definition) is 4. The summed E-state index contributed by atoms with van der Waals surface area (Å²) in [4.78, 5) is 16.9. The molecule has 0 atom stereocenters. The number of rotatable bonds is 7. The Morgan fingerprint density at radius 2 is 1.69 bits per heavy atom. The molecule has 1 fully saturated rings. The van der Waals surface area contributed by atoms with Crippen LogP contribution in [0.2, 0.25) is 0 Å². The van der Waals surface area contributed by atoms with E-state index in [4.69, 9.17) is 0 Å². The van der Waals surface area contributed by atoms with Crippen molar-refractivity contribution in [2.45, 2.75) is 31.7 Å². The molecule has 2 aromatic rings. The molecular weight excluding hydrogens is 386 g/mol. The second-order valence-corrected chi connectivity index (χ2v) is 9.29. The zero-order valence-corrected chi connectivity index (χ0v) is 17.9. The number of benzene rings is 2. The van der Waals surface area contributed by atoms with Crippen LogP contribution in [0.4, 0.5) is 0 Å². The molecule has 0 radical (unpaired) electrons. The fourth-order valence-electron chi connectivity index (χ4n) is 3.52. The van der Waals surface area contributed by atoms with E-state index in [2.05, 4.69) is 21.8 Å². The third kappa shape index (κ3) is 5.88. The van der Waals surface area contributed by atoms with E-state index >= 15 is 0 Å². The lowest BCUT2D eigenvalue weighted by Crippen LogP contribution is -2.48. The van der Waals surface area contributed by atoms with E-state index < -0.39 is 10.0 Å². The first-order valence-corrected chi connectivity index (χ1v) is 11.4. The van der Waals surface area contributed by atoms with E-state index in [0.717, 1.165) is 25.2 Å². The molecule has 0 spiro atoms. The van der Waals surface area contributed by atoms with Crippen molar-refractivity contribution in [1.82, 2.24) is 14.5 Å². The SMILES string of the molecule is Cc1ccc(C)c(S(=O)(=O)NCCC(=O)N2CCN(Cc3ccccc3)CC2)c1. The first-order chi connectivity index (χ1) is 13.8. The number of piperazine rings is 1. The molecule has 0 aromatic heterocycles. The highest BCUT2D eigenvalue weighted by atomic mass is 32.2. The van der Waals surface area contributed by atoms with Crippen LogP contribution in [0.1, 0.15) is 23.1 Å². The minimum absolute atomic E-state index is 0.00646. The van der Waals surface area contributed by atoms with Crippen LogP contribution < -0.4 is 4.72 Å². The molecule has 7 heteroatoms. The fraction of sp³-hybridized carbons (Fsp3) is 0.409. The summed E-state index contributed by atoms with van der Waals surface area (Å²) in [6.45, 7) is 7.64. The highest BCUT2D eigenvalue weighted by Gasteiger charge is 2.22. The molecule has 0 aliphatic carbocycles. The molecule has 3 rings (SSSR count). The van der Waals surface area contributed by atoms with E-state index in [1.54, 1.807) is 19.1 Å². The number of nitrogens with one attached hydrogen (secondary N) is 1. The van der Waals surface area contributed by atoms with Gasteiger partial charge in [0.2, 0.25) is 15.9 Å². The molecule has 1 saturated heterocycles. The van der Waals surface area contributed by atoms with Gasteiger partial charge in [0.1, 0.15) is 0 Å². The molecule has 1 heterocycles. The van der Waals surface area contributed by atoms with E-state index in [9.17, 15) is 13.2 Å². The monoisotopic (exact) mass is 415 g/mol. The highest BCUT2D eigenvalue weighted by molar-refractivity contribution is 7.89. The average molecular weight is 416 g/mol. The third-order valence-corrected chi connectivity index (χ3v) is 6.84. The van der Waals surface area contributed by atoms with Crippen LogP contribution in [0, 0.1) is 13.8 Å². The molecule has 0 saturated carbocycles. The van der Waals surface area contributed by atoms with Crippen LogP contribution >= 0.6 is 0 Å². The molecule has 1 aliphatic rings. The van der Waals surface area contributed by atoms with Gasteiger partial charge in [0.05, 0.1) is 4.90 Å².